The van der Waals surface area contributed by atoms with Crippen molar-refractivity contribution in [2.24, 2.45) is 0 Å². The second kappa shape index (κ2) is 8.89. The summed E-state index contributed by atoms with van der Waals surface area (Å²) < 4.78 is 10.5. The molecule has 2 fully saturated rings. The monoisotopic (exact) mass is 424 g/mol. The van der Waals surface area contributed by atoms with Crippen LogP contribution in [0.5, 0.6) is 11.5 Å². The fraction of sp³-hybridized carbons (Fsp3) is 0.389. The number of nitrogens with one attached hydrogen (secondary N) is 1. The number of benzene rings is 1. The summed E-state index contributed by atoms with van der Waals surface area (Å²) >= 11 is 2.30. The van der Waals surface area contributed by atoms with Crippen molar-refractivity contribution in [1.29, 1.82) is 0 Å². The van der Waals surface area contributed by atoms with Crippen LogP contribution < -0.4 is 14.8 Å². The molecule has 0 bridgehead atoms. The largest absolute Gasteiger partial charge is 0.497 e. The molecule has 2 saturated heterocycles. The van der Waals surface area contributed by atoms with Crippen LogP contribution in [0.15, 0.2) is 23.1 Å². The lowest BCUT2D eigenvalue weighted by Crippen LogP contribution is -2.47. The maximum Gasteiger partial charge on any atom is 0.294 e. The lowest BCUT2D eigenvalue weighted by molar-refractivity contribution is -0.129. The first-order valence-corrected chi connectivity index (χ1v) is 10.4. The molecule has 0 spiro atoms. The van der Waals surface area contributed by atoms with Crippen LogP contribution in [0.3, 0.4) is 0 Å². The van der Waals surface area contributed by atoms with E-state index in [2.05, 4.69) is 5.32 Å². The highest BCUT2D eigenvalue weighted by atomic mass is 32.2. The number of ether oxygens (including phenoxy) is 2. The molecule has 0 saturated carbocycles. The molecule has 0 radical (unpaired) electrons. The molecule has 3 rings (SSSR count). The zero-order valence-electron chi connectivity index (χ0n) is 15.3. The molecule has 10 heteroatoms. The van der Waals surface area contributed by atoms with Gasteiger partial charge in [-0.3, -0.25) is 19.3 Å². The number of carbonyl (C=O) groups is 3. The Hall–Kier alpha value is -2.17. The number of rotatable bonds is 6. The minimum atomic E-state index is -0.621. The summed E-state index contributed by atoms with van der Waals surface area (Å²) in [6.45, 7) is -0.384. The Labute approximate surface area is 170 Å². The van der Waals surface area contributed by atoms with Crippen molar-refractivity contribution in [3.63, 3.8) is 0 Å². The fourth-order valence-electron chi connectivity index (χ4n) is 2.81. The Morgan fingerprint density at radius 1 is 1.32 bits per heavy atom. The SMILES string of the molecule is COc1ccc(OC)c(/C=C2\SC(=O)N(CC(=O)N[C@H]3CSC[C@H]3O)C2=O)c1. The minimum absolute atomic E-state index is 0.195. The summed E-state index contributed by atoms with van der Waals surface area (Å²) in [5.74, 6) is 1.24. The van der Waals surface area contributed by atoms with Crippen molar-refractivity contribution in [3.05, 3.63) is 28.7 Å². The van der Waals surface area contributed by atoms with E-state index in [1.165, 1.54) is 26.0 Å². The molecule has 2 N–H and O–H groups in total. The lowest BCUT2D eigenvalue weighted by Gasteiger charge is -2.18. The standard InChI is InChI=1S/C18H20N2O6S2/c1-25-11-3-4-14(26-2)10(5-11)6-15-17(23)20(18(24)28-15)7-16(22)19-12-8-27-9-13(12)21/h3-6,12-13,21H,7-9H2,1-2H3,(H,19,22)/b15-6-/t12-,13+/m0/s1. The molecule has 1 aromatic rings. The van der Waals surface area contributed by atoms with Crippen molar-refractivity contribution in [2.75, 3.05) is 32.3 Å². The van der Waals surface area contributed by atoms with E-state index in [-0.39, 0.29) is 17.5 Å². The first-order valence-electron chi connectivity index (χ1n) is 8.45. The number of hydrogen-bond donors (Lipinski definition) is 2. The van der Waals surface area contributed by atoms with E-state index in [0.29, 0.717) is 28.6 Å². The second-order valence-electron chi connectivity index (χ2n) is 6.15. The van der Waals surface area contributed by atoms with Gasteiger partial charge in [0.25, 0.3) is 11.1 Å². The van der Waals surface area contributed by atoms with Gasteiger partial charge in [-0.15, -0.1) is 0 Å². The normalized spacial score (nSPS) is 23.4. The topological polar surface area (TPSA) is 105 Å². The van der Waals surface area contributed by atoms with Gasteiger partial charge in [-0.1, -0.05) is 0 Å². The Morgan fingerprint density at radius 2 is 2.11 bits per heavy atom. The highest BCUT2D eigenvalue weighted by Crippen LogP contribution is 2.35. The number of aliphatic hydroxyl groups is 1. The van der Waals surface area contributed by atoms with Crippen LogP contribution >= 0.6 is 23.5 Å². The summed E-state index contributed by atoms with van der Waals surface area (Å²) in [6.07, 6.45) is 0.922. The third-order valence-electron chi connectivity index (χ3n) is 4.30. The van der Waals surface area contributed by atoms with Gasteiger partial charge in [-0.2, -0.15) is 11.8 Å². The lowest BCUT2D eigenvalue weighted by atomic mass is 10.1. The quantitative estimate of drug-likeness (QED) is 0.659. The van der Waals surface area contributed by atoms with E-state index in [1.807, 2.05) is 0 Å². The summed E-state index contributed by atoms with van der Waals surface area (Å²) in [4.78, 5) is 38.1. The number of methoxy groups -OCH3 is 2. The summed E-state index contributed by atoms with van der Waals surface area (Å²) in [7, 11) is 3.03. The average molecular weight is 425 g/mol. The molecule has 1 aromatic carbocycles. The summed E-state index contributed by atoms with van der Waals surface area (Å²) in [5, 5.41) is 11.9. The first-order chi connectivity index (χ1) is 13.4. The molecular weight excluding hydrogens is 404 g/mol. The highest BCUT2D eigenvalue weighted by molar-refractivity contribution is 8.18. The van der Waals surface area contributed by atoms with E-state index in [4.69, 9.17) is 9.47 Å². The summed E-state index contributed by atoms with van der Waals surface area (Å²) in [5.41, 5.74) is 0.586. The Bertz CT molecular complexity index is 828. The molecule has 28 heavy (non-hydrogen) atoms. The third-order valence-corrected chi connectivity index (χ3v) is 6.38. The van der Waals surface area contributed by atoms with Gasteiger partial charge in [0.15, 0.2) is 0 Å². The number of carbonyl (C=O) groups excluding carboxylic acids is 3. The molecule has 0 aliphatic carbocycles. The number of hydrogen-bond acceptors (Lipinski definition) is 8. The van der Waals surface area contributed by atoms with Crippen LogP contribution in [0.1, 0.15) is 5.56 Å². The van der Waals surface area contributed by atoms with Gasteiger partial charge >= 0.3 is 0 Å². The molecule has 2 aliphatic rings. The van der Waals surface area contributed by atoms with Crippen molar-refractivity contribution in [1.82, 2.24) is 10.2 Å². The van der Waals surface area contributed by atoms with Gasteiger partial charge in [-0.05, 0) is 36.0 Å². The van der Waals surface area contributed by atoms with Crippen LogP contribution in [0.4, 0.5) is 4.79 Å². The molecular formula is C18H20N2O6S2. The third kappa shape index (κ3) is 4.45. The maximum atomic E-state index is 12.6. The predicted molar refractivity (Wildman–Crippen MR) is 107 cm³/mol. The van der Waals surface area contributed by atoms with E-state index in [1.54, 1.807) is 24.3 Å². The zero-order valence-corrected chi connectivity index (χ0v) is 17.0. The van der Waals surface area contributed by atoms with Gasteiger partial charge in [0.05, 0.1) is 31.3 Å². The fourth-order valence-corrected chi connectivity index (χ4v) is 4.81. The zero-order chi connectivity index (χ0) is 20.3. The molecule has 0 aromatic heterocycles. The van der Waals surface area contributed by atoms with Crippen molar-refractivity contribution in [3.8, 4) is 11.5 Å². The number of aliphatic hydroxyl groups excluding tert-OH is 1. The van der Waals surface area contributed by atoms with Gasteiger partial charge in [-0.25, -0.2) is 0 Å². The van der Waals surface area contributed by atoms with Crippen LogP contribution in [0, 0.1) is 0 Å². The average Bonchev–Trinajstić information content (AvgIpc) is 3.19. The Kier molecular flexibility index (Phi) is 6.53. The number of thioether (sulfide) groups is 2. The number of amides is 3. The first kappa shape index (κ1) is 20.6. The second-order valence-corrected chi connectivity index (χ2v) is 8.22. The van der Waals surface area contributed by atoms with E-state index < -0.39 is 23.2 Å². The van der Waals surface area contributed by atoms with E-state index in [0.717, 1.165) is 16.7 Å². The van der Waals surface area contributed by atoms with Gasteiger partial charge < -0.3 is 19.9 Å². The van der Waals surface area contributed by atoms with Gasteiger partial charge in [0, 0.05) is 17.1 Å². The highest BCUT2D eigenvalue weighted by Gasteiger charge is 2.37. The van der Waals surface area contributed by atoms with Crippen LogP contribution in [0.2, 0.25) is 0 Å². The molecule has 8 nitrogen and oxygen atoms in total. The van der Waals surface area contributed by atoms with E-state index in [9.17, 15) is 19.5 Å². The molecule has 2 atom stereocenters. The van der Waals surface area contributed by atoms with E-state index >= 15 is 0 Å². The molecule has 150 valence electrons. The molecule has 0 unspecified atom stereocenters. The number of nitrogens with zero attached hydrogens (tertiary/aromatic N) is 1. The Balaban J connectivity index is 1.73. The smallest absolute Gasteiger partial charge is 0.294 e. The van der Waals surface area contributed by atoms with Crippen LogP contribution in [0.25, 0.3) is 6.08 Å². The van der Waals surface area contributed by atoms with Crippen molar-refractivity contribution < 1.29 is 29.0 Å². The molecule has 2 heterocycles. The van der Waals surface area contributed by atoms with Crippen molar-refractivity contribution >= 4 is 46.7 Å². The minimum Gasteiger partial charge on any atom is -0.497 e. The van der Waals surface area contributed by atoms with Crippen LogP contribution in [-0.4, -0.2) is 71.5 Å². The van der Waals surface area contributed by atoms with Crippen LogP contribution in [-0.2, 0) is 9.59 Å². The van der Waals surface area contributed by atoms with Gasteiger partial charge in [0.2, 0.25) is 5.91 Å². The number of imide groups is 1. The predicted octanol–water partition coefficient (Wildman–Crippen LogP) is 1.33. The summed E-state index contributed by atoms with van der Waals surface area (Å²) in [6, 6.07) is 4.75. The Morgan fingerprint density at radius 3 is 2.75 bits per heavy atom. The van der Waals surface area contributed by atoms with Gasteiger partial charge in [0.1, 0.15) is 18.0 Å². The molecule has 2 aliphatic heterocycles. The maximum absolute atomic E-state index is 12.6. The molecule has 3 amide bonds. The van der Waals surface area contributed by atoms with Crippen molar-refractivity contribution in [2.45, 2.75) is 12.1 Å².